The van der Waals surface area contributed by atoms with Gasteiger partial charge >= 0.3 is 12.4 Å². The van der Waals surface area contributed by atoms with Crippen LogP contribution in [0.25, 0.3) is 16.8 Å². The molecule has 1 amide bonds. The van der Waals surface area contributed by atoms with Gasteiger partial charge in [-0.15, -0.1) is 0 Å². The van der Waals surface area contributed by atoms with Crippen molar-refractivity contribution in [3.05, 3.63) is 71.8 Å². The first-order valence-electron chi connectivity index (χ1n) is 10.7. The van der Waals surface area contributed by atoms with Gasteiger partial charge in [-0.25, -0.2) is 4.98 Å². The third kappa shape index (κ3) is 4.95. The highest BCUT2D eigenvalue weighted by atomic mass is 19.4. The zero-order chi connectivity index (χ0) is 24.7. The minimum Gasteiger partial charge on any atom is -0.337 e. The normalized spacial score (nSPS) is 17.1. The lowest BCUT2D eigenvalue weighted by atomic mass is 9.99. The number of benzene rings is 2. The second-order valence-corrected chi connectivity index (χ2v) is 8.49. The molecule has 0 bridgehead atoms. The minimum absolute atomic E-state index is 0.0999. The predicted octanol–water partition coefficient (Wildman–Crippen LogP) is 6.45. The summed E-state index contributed by atoms with van der Waals surface area (Å²) in [4.78, 5) is 18.8. The lowest BCUT2D eigenvalue weighted by molar-refractivity contribution is -0.143. The molecule has 0 unspecified atom stereocenters. The van der Waals surface area contributed by atoms with Crippen LogP contribution >= 0.6 is 0 Å². The fraction of sp³-hybridized carbons (Fsp3) is 0.333. The van der Waals surface area contributed by atoms with E-state index in [0.717, 1.165) is 12.8 Å². The lowest BCUT2D eigenvalue weighted by Crippen LogP contribution is -2.39. The van der Waals surface area contributed by atoms with E-state index >= 15 is 0 Å². The summed E-state index contributed by atoms with van der Waals surface area (Å²) in [5.74, 6) is 0.211. The molecule has 0 spiro atoms. The molecule has 2 heterocycles. The van der Waals surface area contributed by atoms with Crippen molar-refractivity contribution in [3.63, 3.8) is 0 Å². The van der Waals surface area contributed by atoms with E-state index in [1.165, 1.54) is 36.8 Å². The van der Waals surface area contributed by atoms with Crippen molar-refractivity contribution in [1.29, 1.82) is 0 Å². The number of aromatic nitrogens is 2. The summed E-state index contributed by atoms with van der Waals surface area (Å²) in [5, 5.41) is 0. The molecule has 0 aliphatic carbocycles. The van der Waals surface area contributed by atoms with Gasteiger partial charge in [0.25, 0.3) is 5.91 Å². The van der Waals surface area contributed by atoms with Crippen LogP contribution in [-0.4, -0.2) is 33.4 Å². The molecule has 1 saturated heterocycles. The number of hydrogen-bond acceptors (Lipinski definition) is 2. The number of alkyl halides is 6. The molecule has 1 fully saturated rings. The van der Waals surface area contributed by atoms with Gasteiger partial charge in [-0.2, -0.15) is 26.3 Å². The van der Waals surface area contributed by atoms with Crippen LogP contribution in [0.5, 0.6) is 0 Å². The first-order valence-corrected chi connectivity index (χ1v) is 10.7. The summed E-state index contributed by atoms with van der Waals surface area (Å²) in [6.07, 6.45) is -5.00. The molecule has 1 aromatic heterocycles. The number of likely N-dealkylation sites (tertiary alicyclic amines) is 1. The third-order valence-corrected chi connectivity index (χ3v) is 5.87. The Labute approximate surface area is 191 Å². The van der Waals surface area contributed by atoms with Gasteiger partial charge in [0.1, 0.15) is 5.69 Å². The summed E-state index contributed by atoms with van der Waals surface area (Å²) < 4.78 is 80.7. The van der Waals surface area contributed by atoms with Crippen molar-refractivity contribution in [2.75, 3.05) is 13.1 Å². The monoisotopic (exact) mass is 481 g/mol. The van der Waals surface area contributed by atoms with Gasteiger partial charge in [0.15, 0.2) is 0 Å². The first-order chi connectivity index (χ1) is 15.9. The smallest absolute Gasteiger partial charge is 0.337 e. The average Bonchev–Trinajstić information content (AvgIpc) is 3.27. The van der Waals surface area contributed by atoms with E-state index in [2.05, 4.69) is 11.9 Å². The molecule has 2 aromatic carbocycles. The van der Waals surface area contributed by atoms with E-state index in [9.17, 15) is 31.1 Å². The Morgan fingerprint density at radius 1 is 0.941 bits per heavy atom. The van der Waals surface area contributed by atoms with Crippen LogP contribution in [0.3, 0.4) is 0 Å². The van der Waals surface area contributed by atoms with Crippen molar-refractivity contribution in [1.82, 2.24) is 14.5 Å². The van der Waals surface area contributed by atoms with Crippen LogP contribution in [-0.2, 0) is 12.4 Å². The molecule has 1 aliphatic rings. The number of halogens is 6. The fourth-order valence-corrected chi connectivity index (χ4v) is 4.13. The SMILES string of the molecule is C[C@H]1CCCN(C(=O)c2cncn2-c2ccc(-c3cc(C(F)(F)F)cc(C(F)(F)F)c3)cc2)C1. The topological polar surface area (TPSA) is 38.1 Å². The summed E-state index contributed by atoms with van der Waals surface area (Å²) in [5.41, 5.74) is -1.94. The van der Waals surface area contributed by atoms with Gasteiger partial charge in [0.2, 0.25) is 0 Å². The zero-order valence-electron chi connectivity index (χ0n) is 18.1. The van der Waals surface area contributed by atoms with Crippen LogP contribution in [0.1, 0.15) is 41.4 Å². The van der Waals surface area contributed by atoms with Gasteiger partial charge < -0.3 is 4.90 Å². The van der Waals surface area contributed by atoms with Crippen LogP contribution in [0.15, 0.2) is 55.0 Å². The Kier molecular flexibility index (Phi) is 6.18. The molecular formula is C24H21F6N3O. The number of hydrogen-bond donors (Lipinski definition) is 0. The largest absolute Gasteiger partial charge is 0.416 e. The van der Waals surface area contributed by atoms with Gasteiger partial charge in [0, 0.05) is 18.8 Å². The highest BCUT2D eigenvalue weighted by Crippen LogP contribution is 2.38. The number of rotatable bonds is 3. The van der Waals surface area contributed by atoms with Crippen molar-refractivity contribution in [2.24, 2.45) is 5.92 Å². The lowest BCUT2D eigenvalue weighted by Gasteiger charge is -2.31. The molecule has 0 N–H and O–H groups in total. The molecule has 4 nitrogen and oxygen atoms in total. The molecule has 3 aromatic rings. The second kappa shape index (κ2) is 8.81. The van der Waals surface area contributed by atoms with E-state index in [0.29, 0.717) is 42.5 Å². The Hall–Kier alpha value is -3.30. The average molecular weight is 481 g/mol. The standard InChI is InChI=1S/C24H21F6N3O/c1-15-3-2-8-32(13-15)22(34)21-12-31-14-33(21)20-6-4-16(5-7-20)17-9-18(23(25,26)27)11-19(10-17)24(28,29)30/h4-7,9-12,14-15H,2-3,8,13H2,1H3/t15-/m0/s1. The maximum atomic E-state index is 13.2. The quantitative estimate of drug-likeness (QED) is 0.404. The Bertz CT molecular complexity index is 1150. The van der Waals surface area contributed by atoms with Crippen molar-refractivity contribution in [3.8, 4) is 16.8 Å². The van der Waals surface area contributed by atoms with Gasteiger partial charge in [0.05, 0.1) is 23.7 Å². The highest BCUT2D eigenvalue weighted by molar-refractivity contribution is 5.93. The number of piperidine rings is 1. The van der Waals surface area contributed by atoms with Gasteiger partial charge in [-0.3, -0.25) is 9.36 Å². The van der Waals surface area contributed by atoms with E-state index in [1.807, 2.05) is 0 Å². The Morgan fingerprint density at radius 2 is 1.56 bits per heavy atom. The number of carbonyl (C=O) groups is 1. The molecule has 1 aliphatic heterocycles. The third-order valence-electron chi connectivity index (χ3n) is 5.87. The summed E-state index contributed by atoms with van der Waals surface area (Å²) >= 11 is 0. The highest BCUT2D eigenvalue weighted by Gasteiger charge is 2.37. The van der Waals surface area contributed by atoms with Crippen molar-refractivity contribution in [2.45, 2.75) is 32.1 Å². The fourth-order valence-electron chi connectivity index (χ4n) is 4.13. The van der Waals surface area contributed by atoms with Crippen LogP contribution in [0.2, 0.25) is 0 Å². The van der Waals surface area contributed by atoms with E-state index in [1.54, 1.807) is 9.47 Å². The van der Waals surface area contributed by atoms with Crippen LogP contribution in [0.4, 0.5) is 26.3 Å². The minimum atomic E-state index is -4.92. The molecule has 0 radical (unpaired) electrons. The Balaban J connectivity index is 1.66. The van der Waals surface area contributed by atoms with E-state index in [-0.39, 0.29) is 23.1 Å². The predicted molar refractivity (Wildman–Crippen MR) is 113 cm³/mol. The summed E-state index contributed by atoms with van der Waals surface area (Å²) in [6.45, 7) is 3.36. The van der Waals surface area contributed by atoms with E-state index in [4.69, 9.17) is 0 Å². The number of nitrogens with zero attached hydrogens (tertiary/aromatic N) is 3. The zero-order valence-corrected chi connectivity index (χ0v) is 18.1. The maximum absolute atomic E-state index is 13.2. The number of carbonyl (C=O) groups excluding carboxylic acids is 1. The maximum Gasteiger partial charge on any atom is 0.416 e. The summed E-state index contributed by atoms with van der Waals surface area (Å²) in [6, 6.07) is 7.37. The molecule has 180 valence electrons. The molecular weight excluding hydrogens is 460 g/mol. The number of amides is 1. The van der Waals surface area contributed by atoms with Crippen LogP contribution in [0, 0.1) is 5.92 Å². The number of imidazole rings is 1. The van der Waals surface area contributed by atoms with E-state index < -0.39 is 23.5 Å². The van der Waals surface area contributed by atoms with Crippen molar-refractivity contribution < 1.29 is 31.1 Å². The second-order valence-electron chi connectivity index (χ2n) is 8.49. The first kappa shape index (κ1) is 23.8. The molecule has 1 atom stereocenters. The molecule has 0 saturated carbocycles. The van der Waals surface area contributed by atoms with Gasteiger partial charge in [-0.05, 0) is 60.2 Å². The molecule has 4 rings (SSSR count). The van der Waals surface area contributed by atoms with Crippen molar-refractivity contribution >= 4 is 5.91 Å². The molecule has 10 heteroatoms. The van der Waals surface area contributed by atoms with Crippen LogP contribution < -0.4 is 0 Å². The summed E-state index contributed by atoms with van der Waals surface area (Å²) in [7, 11) is 0. The van der Waals surface area contributed by atoms with Gasteiger partial charge in [-0.1, -0.05) is 19.1 Å². The Morgan fingerprint density at radius 3 is 2.12 bits per heavy atom. The molecule has 34 heavy (non-hydrogen) atoms.